The molecule has 0 bridgehead atoms. The highest BCUT2D eigenvalue weighted by atomic mass is 17.1. The van der Waals surface area contributed by atoms with Crippen molar-refractivity contribution in [3.8, 4) is 0 Å². The Morgan fingerprint density at radius 2 is 1.00 bits per heavy atom. The van der Waals surface area contributed by atoms with Crippen LogP contribution < -0.4 is 0 Å². The molecule has 3 nitrogen and oxygen atoms in total. The summed E-state index contributed by atoms with van der Waals surface area (Å²) in [5, 5.41) is 10.4. The molecule has 0 saturated heterocycles. The van der Waals surface area contributed by atoms with Crippen LogP contribution in [0.5, 0.6) is 0 Å². The minimum Gasteiger partial charge on any atom is -0.249 e. The molecule has 1 aliphatic rings. The second-order valence-electron chi connectivity index (χ2n) is 7.41. The van der Waals surface area contributed by atoms with Gasteiger partial charge in [0.1, 0.15) is 0 Å². The van der Waals surface area contributed by atoms with E-state index in [4.69, 9.17) is 9.88 Å². The van der Waals surface area contributed by atoms with Crippen molar-refractivity contribution in [3.63, 3.8) is 0 Å². The van der Waals surface area contributed by atoms with Crippen LogP contribution in [0.3, 0.4) is 0 Å². The van der Waals surface area contributed by atoms with Gasteiger partial charge in [-0.3, -0.25) is 0 Å². The van der Waals surface area contributed by atoms with Gasteiger partial charge in [-0.2, -0.15) is 4.89 Å². The van der Waals surface area contributed by atoms with E-state index in [0.29, 0.717) is 0 Å². The fraction of sp³-hybridized carbons (Fsp3) is 0.0357. The molecule has 0 amide bonds. The Labute approximate surface area is 181 Å². The van der Waals surface area contributed by atoms with E-state index in [1.807, 2.05) is 109 Å². The van der Waals surface area contributed by atoms with E-state index in [0.717, 1.165) is 39.1 Å². The van der Waals surface area contributed by atoms with Gasteiger partial charge in [0, 0.05) is 22.3 Å². The Hall–Kier alpha value is -3.79. The SMILES string of the molecule is OOC1(c2ccccc2)N=C(c2ccccc2)C(c2ccccc2)=C1c1ccccc1. The topological polar surface area (TPSA) is 41.8 Å². The lowest BCUT2D eigenvalue weighted by Gasteiger charge is -2.27. The molecule has 0 radical (unpaired) electrons. The quantitative estimate of drug-likeness (QED) is 0.308. The van der Waals surface area contributed by atoms with Crippen molar-refractivity contribution in [1.82, 2.24) is 0 Å². The largest absolute Gasteiger partial charge is 0.249 e. The van der Waals surface area contributed by atoms with E-state index < -0.39 is 5.72 Å². The summed E-state index contributed by atoms with van der Waals surface area (Å²) in [7, 11) is 0. The molecule has 1 atom stereocenters. The third kappa shape index (κ3) is 3.30. The number of aliphatic imine (C=N–C) groups is 1. The summed E-state index contributed by atoms with van der Waals surface area (Å²) in [5.74, 6) is 0. The minimum atomic E-state index is -1.38. The van der Waals surface area contributed by atoms with Crippen molar-refractivity contribution >= 4 is 16.9 Å². The Bertz CT molecular complexity index is 1230. The van der Waals surface area contributed by atoms with Crippen LogP contribution in [0.2, 0.25) is 0 Å². The van der Waals surface area contributed by atoms with E-state index in [9.17, 15) is 5.26 Å². The zero-order valence-corrected chi connectivity index (χ0v) is 16.8. The molecule has 0 saturated carbocycles. The molecule has 1 heterocycles. The van der Waals surface area contributed by atoms with Crippen LogP contribution in [0.4, 0.5) is 0 Å². The number of hydrogen-bond donors (Lipinski definition) is 1. The van der Waals surface area contributed by atoms with Crippen LogP contribution in [0.15, 0.2) is 126 Å². The molecule has 1 aliphatic heterocycles. The molecular weight excluding hydrogens is 382 g/mol. The third-order valence-corrected chi connectivity index (χ3v) is 5.56. The lowest BCUT2D eigenvalue weighted by molar-refractivity contribution is -0.306. The van der Waals surface area contributed by atoms with Crippen molar-refractivity contribution in [3.05, 3.63) is 144 Å². The van der Waals surface area contributed by atoms with Crippen LogP contribution in [-0.2, 0) is 10.6 Å². The number of hydrogen-bond acceptors (Lipinski definition) is 3. The first-order valence-corrected chi connectivity index (χ1v) is 10.2. The monoisotopic (exact) mass is 403 g/mol. The van der Waals surface area contributed by atoms with Gasteiger partial charge in [0.2, 0.25) is 5.72 Å². The second kappa shape index (κ2) is 8.15. The van der Waals surface area contributed by atoms with Crippen molar-refractivity contribution in [1.29, 1.82) is 0 Å². The highest BCUT2D eigenvalue weighted by Gasteiger charge is 2.47. The van der Waals surface area contributed by atoms with Gasteiger partial charge in [-0.1, -0.05) is 121 Å². The first kappa shape index (κ1) is 19.2. The summed E-state index contributed by atoms with van der Waals surface area (Å²) in [6, 6.07) is 39.8. The predicted molar refractivity (Wildman–Crippen MR) is 125 cm³/mol. The summed E-state index contributed by atoms with van der Waals surface area (Å²) >= 11 is 0. The number of allylic oxidation sites excluding steroid dienone is 1. The maximum absolute atomic E-state index is 10.4. The Morgan fingerprint density at radius 1 is 0.548 bits per heavy atom. The molecule has 0 spiro atoms. The van der Waals surface area contributed by atoms with Crippen molar-refractivity contribution in [2.75, 3.05) is 0 Å². The van der Waals surface area contributed by atoms with Crippen molar-refractivity contribution in [2.45, 2.75) is 5.72 Å². The average molecular weight is 403 g/mol. The smallest absolute Gasteiger partial charge is 0.245 e. The summed E-state index contributed by atoms with van der Waals surface area (Å²) < 4.78 is 0. The van der Waals surface area contributed by atoms with Crippen LogP contribution in [0.1, 0.15) is 22.3 Å². The third-order valence-electron chi connectivity index (χ3n) is 5.56. The fourth-order valence-electron chi connectivity index (χ4n) is 4.18. The van der Waals surface area contributed by atoms with E-state index >= 15 is 0 Å². The summed E-state index contributed by atoms with van der Waals surface area (Å²) in [6.07, 6.45) is 0. The highest BCUT2D eigenvalue weighted by Crippen LogP contribution is 2.50. The van der Waals surface area contributed by atoms with Crippen LogP contribution in [0.25, 0.3) is 11.1 Å². The van der Waals surface area contributed by atoms with Crippen LogP contribution in [-0.4, -0.2) is 11.0 Å². The van der Waals surface area contributed by atoms with Crippen LogP contribution in [0, 0.1) is 0 Å². The second-order valence-corrected chi connectivity index (χ2v) is 7.41. The Kier molecular flexibility index (Phi) is 5.04. The van der Waals surface area contributed by atoms with E-state index in [-0.39, 0.29) is 0 Å². The fourth-order valence-corrected chi connectivity index (χ4v) is 4.18. The molecule has 1 N–H and O–H groups in total. The normalized spacial score (nSPS) is 18.2. The molecule has 150 valence electrons. The molecule has 4 aromatic carbocycles. The van der Waals surface area contributed by atoms with Crippen molar-refractivity contribution < 1.29 is 10.1 Å². The Balaban J connectivity index is 1.90. The zero-order chi connectivity index (χ0) is 21.1. The summed E-state index contributed by atoms with van der Waals surface area (Å²) in [5.41, 5.74) is 4.83. The zero-order valence-electron chi connectivity index (χ0n) is 16.8. The predicted octanol–water partition coefficient (Wildman–Crippen LogP) is 6.44. The van der Waals surface area contributed by atoms with Gasteiger partial charge in [-0.25, -0.2) is 10.2 Å². The molecule has 3 heteroatoms. The molecule has 0 aromatic heterocycles. The molecular formula is C28H21NO2. The van der Waals surface area contributed by atoms with Gasteiger partial charge in [-0.15, -0.1) is 0 Å². The van der Waals surface area contributed by atoms with Gasteiger partial charge in [0.15, 0.2) is 0 Å². The van der Waals surface area contributed by atoms with Gasteiger partial charge in [0.05, 0.1) is 5.71 Å². The lowest BCUT2D eigenvalue weighted by Crippen LogP contribution is -2.26. The molecule has 5 rings (SSSR count). The number of rotatable bonds is 5. The van der Waals surface area contributed by atoms with Gasteiger partial charge in [0.25, 0.3) is 0 Å². The Morgan fingerprint density at radius 3 is 1.52 bits per heavy atom. The first-order chi connectivity index (χ1) is 15.3. The van der Waals surface area contributed by atoms with Gasteiger partial charge >= 0.3 is 0 Å². The van der Waals surface area contributed by atoms with Crippen LogP contribution >= 0.6 is 0 Å². The lowest BCUT2D eigenvalue weighted by atomic mass is 9.84. The van der Waals surface area contributed by atoms with Crippen molar-refractivity contribution in [2.24, 2.45) is 4.99 Å². The standard InChI is InChI=1S/C28H21NO2/c30-31-28(24-19-11-4-12-20-24)26(22-15-7-2-8-16-22)25(21-13-5-1-6-14-21)27(29-28)23-17-9-3-10-18-23/h1-20,30H. The van der Waals surface area contributed by atoms with Gasteiger partial charge < -0.3 is 0 Å². The summed E-state index contributed by atoms with van der Waals surface area (Å²) in [6.45, 7) is 0. The van der Waals surface area contributed by atoms with Gasteiger partial charge in [-0.05, 0) is 11.1 Å². The van der Waals surface area contributed by atoms with E-state index in [2.05, 4.69) is 12.1 Å². The van der Waals surface area contributed by atoms with E-state index in [1.165, 1.54) is 0 Å². The molecule has 1 unspecified atom stereocenters. The summed E-state index contributed by atoms with van der Waals surface area (Å²) in [4.78, 5) is 10.4. The molecule has 0 aliphatic carbocycles. The average Bonchev–Trinajstić information content (AvgIpc) is 3.23. The maximum Gasteiger partial charge on any atom is 0.245 e. The molecule has 0 fully saturated rings. The maximum atomic E-state index is 10.4. The number of nitrogens with zero attached hydrogens (tertiary/aromatic N) is 1. The molecule has 31 heavy (non-hydrogen) atoms. The molecule has 4 aromatic rings. The minimum absolute atomic E-state index is 0.760. The number of benzene rings is 4. The van der Waals surface area contributed by atoms with E-state index in [1.54, 1.807) is 0 Å². The first-order valence-electron chi connectivity index (χ1n) is 10.2. The highest BCUT2D eigenvalue weighted by molar-refractivity contribution is 6.39.